The molecule has 0 saturated carbocycles. The lowest BCUT2D eigenvalue weighted by Crippen LogP contribution is -2.47. The minimum atomic E-state index is -3.30. The first kappa shape index (κ1) is 19.9. The summed E-state index contributed by atoms with van der Waals surface area (Å²) in [6.45, 7) is 4.84. The molecule has 2 atom stereocenters. The van der Waals surface area contributed by atoms with Crippen LogP contribution in [-0.4, -0.2) is 43.5 Å². The Morgan fingerprint density at radius 3 is 2.72 bits per heavy atom. The lowest BCUT2D eigenvalue weighted by Gasteiger charge is -2.31. The standard InChI is InChI=1S/C19H30N2O3S/c1-3-16(2)20-19(22)18-12-7-13-21(15-18)25(23,24)14-8-11-17-9-5-4-6-10-17/h4-6,9-10,16,18H,3,7-8,11-15H2,1-2H3,(H,20,22)/t16-,18-/m0/s1. The first-order valence-corrected chi connectivity index (χ1v) is 10.9. The number of amides is 1. The molecule has 0 bridgehead atoms. The molecule has 1 fully saturated rings. The van der Waals surface area contributed by atoms with Gasteiger partial charge in [0.25, 0.3) is 0 Å². The van der Waals surface area contributed by atoms with Crippen LogP contribution in [0.15, 0.2) is 30.3 Å². The molecule has 140 valence electrons. The Balaban J connectivity index is 1.86. The second-order valence-corrected chi connectivity index (χ2v) is 9.01. The van der Waals surface area contributed by atoms with Crippen LogP contribution in [0.4, 0.5) is 0 Å². The monoisotopic (exact) mass is 366 g/mol. The summed E-state index contributed by atoms with van der Waals surface area (Å²) in [6.07, 6.45) is 3.74. The third-order valence-electron chi connectivity index (χ3n) is 4.86. The number of piperidine rings is 1. The summed E-state index contributed by atoms with van der Waals surface area (Å²) in [6, 6.07) is 10.1. The van der Waals surface area contributed by atoms with E-state index < -0.39 is 10.0 Å². The van der Waals surface area contributed by atoms with Crippen LogP contribution < -0.4 is 5.32 Å². The van der Waals surface area contributed by atoms with Crippen molar-refractivity contribution in [3.63, 3.8) is 0 Å². The van der Waals surface area contributed by atoms with Crippen molar-refractivity contribution >= 4 is 15.9 Å². The number of hydrogen-bond acceptors (Lipinski definition) is 3. The molecule has 0 aromatic heterocycles. The molecule has 5 nitrogen and oxygen atoms in total. The number of aryl methyl sites for hydroxylation is 1. The van der Waals surface area contributed by atoms with Gasteiger partial charge in [-0.05, 0) is 44.6 Å². The Morgan fingerprint density at radius 1 is 1.32 bits per heavy atom. The Kier molecular flexibility index (Phi) is 7.44. The first-order valence-electron chi connectivity index (χ1n) is 9.24. The quantitative estimate of drug-likeness (QED) is 0.769. The molecule has 1 saturated heterocycles. The van der Waals surface area contributed by atoms with Crippen molar-refractivity contribution in [2.45, 2.75) is 52.0 Å². The largest absolute Gasteiger partial charge is 0.353 e. The van der Waals surface area contributed by atoms with Crippen LogP contribution in [0.3, 0.4) is 0 Å². The average molecular weight is 367 g/mol. The highest BCUT2D eigenvalue weighted by Gasteiger charge is 2.32. The maximum atomic E-state index is 12.6. The van der Waals surface area contributed by atoms with Gasteiger partial charge in [-0.15, -0.1) is 0 Å². The number of carbonyl (C=O) groups excluding carboxylic acids is 1. The normalized spacial score (nSPS) is 20.2. The smallest absolute Gasteiger partial charge is 0.224 e. The van der Waals surface area contributed by atoms with Crippen molar-refractivity contribution in [2.24, 2.45) is 5.92 Å². The van der Waals surface area contributed by atoms with E-state index in [1.807, 2.05) is 44.2 Å². The average Bonchev–Trinajstić information content (AvgIpc) is 2.62. The SMILES string of the molecule is CC[C@H](C)NC(=O)[C@H]1CCCN(S(=O)(=O)CCCc2ccccc2)C1. The van der Waals surface area contributed by atoms with Crippen molar-refractivity contribution in [1.82, 2.24) is 9.62 Å². The predicted molar refractivity (Wildman–Crippen MR) is 101 cm³/mol. The van der Waals surface area contributed by atoms with Crippen LogP contribution in [0, 0.1) is 5.92 Å². The van der Waals surface area contributed by atoms with Crippen LogP contribution in [0.25, 0.3) is 0 Å². The Hall–Kier alpha value is -1.40. The molecule has 0 radical (unpaired) electrons. The maximum absolute atomic E-state index is 12.6. The van der Waals surface area contributed by atoms with E-state index in [9.17, 15) is 13.2 Å². The van der Waals surface area contributed by atoms with Crippen LogP contribution in [0.1, 0.15) is 45.1 Å². The molecule has 0 unspecified atom stereocenters. The molecule has 1 aromatic carbocycles. The molecular weight excluding hydrogens is 336 g/mol. The molecule has 25 heavy (non-hydrogen) atoms. The van der Waals surface area contributed by atoms with Crippen molar-refractivity contribution in [3.05, 3.63) is 35.9 Å². The van der Waals surface area contributed by atoms with Crippen LogP contribution in [0.2, 0.25) is 0 Å². The molecule has 2 rings (SSSR count). The molecular formula is C19H30N2O3S. The molecule has 6 heteroatoms. The van der Waals surface area contributed by atoms with Gasteiger partial charge in [-0.1, -0.05) is 37.3 Å². The minimum absolute atomic E-state index is 0.0152. The predicted octanol–water partition coefficient (Wildman–Crippen LogP) is 2.58. The van der Waals surface area contributed by atoms with E-state index in [1.54, 1.807) is 0 Å². The fourth-order valence-corrected chi connectivity index (χ4v) is 4.69. The summed E-state index contributed by atoms with van der Waals surface area (Å²) < 4.78 is 26.7. The fraction of sp³-hybridized carbons (Fsp3) is 0.632. The molecule has 1 aromatic rings. The summed E-state index contributed by atoms with van der Waals surface area (Å²) in [7, 11) is -3.30. The van der Waals surface area contributed by atoms with Crippen LogP contribution in [-0.2, 0) is 21.2 Å². The summed E-state index contributed by atoms with van der Waals surface area (Å²) in [5, 5.41) is 2.98. The van der Waals surface area contributed by atoms with Crippen LogP contribution >= 0.6 is 0 Å². The number of sulfonamides is 1. The van der Waals surface area contributed by atoms with Gasteiger partial charge in [-0.2, -0.15) is 0 Å². The lowest BCUT2D eigenvalue weighted by atomic mass is 9.98. The Morgan fingerprint density at radius 2 is 2.04 bits per heavy atom. The molecule has 1 N–H and O–H groups in total. The van der Waals surface area contributed by atoms with E-state index in [0.717, 1.165) is 31.2 Å². The van der Waals surface area contributed by atoms with E-state index in [1.165, 1.54) is 4.31 Å². The highest BCUT2D eigenvalue weighted by atomic mass is 32.2. The van der Waals surface area contributed by atoms with Gasteiger partial charge < -0.3 is 5.32 Å². The van der Waals surface area contributed by atoms with Gasteiger partial charge in [0, 0.05) is 19.1 Å². The zero-order valence-electron chi connectivity index (χ0n) is 15.3. The Labute approximate surface area is 151 Å². The second kappa shape index (κ2) is 9.34. The van der Waals surface area contributed by atoms with Crippen molar-refractivity contribution < 1.29 is 13.2 Å². The van der Waals surface area contributed by atoms with E-state index in [2.05, 4.69) is 5.32 Å². The lowest BCUT2D eigenvalue weighted by molar-refractivity contribution is -0.126. The zero-order chi connectivity index (χ0) is 18.3. The fourth-order valence-electron chi connectivity index (χ4n) is 3.10. The van der Waals surface area contributed by atoms with Gasteiger partial charge in [-0.3, -0.25) is 4.79 Å². The Bertz CT molecular complexity index is 646. The maximum Gasteiger partial charge on any atom is 0.224 e. The van der Waals surface area contributed by atoms with E-state index >= 15 is 0 Å². The highest BCUT2D eigenvalue weighted by molar-refractivity contribution is 7.89. The molecule has 0 spiro atoms. The molecule has 0 aliphatic carbocycles. The topological polar surface area (TPSA) is 66.5 Å². The highest BCUT2D eigenvalue weighted by Crippen LogP contribution is 2.20. The van der Waals surface area contributed by atoms with Crippen LogP contribution in [0.5, 0.6) is 0 Å². The molecule has 1 heterocycles. The van der Waals surface area contributed by atoms with Gasteiger partial charge in [0.15, 0.2) is 0 Å². The van der Waals surface area contributed by atoms with Gasteiger partial charge in [0.1, 0.15) is 0 Å². The number of nitrogens with one attached hydrogen (secondary N) is 1. The minimum Gasteiger partial charge on any atom is -0.353 e. The van der Waals surface area contributed by atoms with Crippen molar-refractivity contribution in [2.75, 3.05) is 18.8 Å². The molecule has 1 aliphatic heterocycles. The van der Waals surface area contributed by atoms with Crippen molar-refractivity contribution in [3.8, 4) is 0 Å². The molecule has 1 amide bonds. The summed E-state index contributed by atoms with van der Waals surface area (Å²) >= 11 is 0. The van der Waals surface area contributed by atoms with E-state index in [4.69, 9.17) is 0 Å². The summed E-state index contributed by atoms with van der Waals surface area (Å²) in [5.41, 5.74) is 1.15. The van der Waals surface area contributed by atoms with Gasteiger partial charge >= 0.3 is 0 Å². The number of nitrogens with zero attached hydrogens (tertiary/aromatic N) is 1. The van der Waals surface area contributed by atoms with Gasteiger partial charge in [0.2, 0.25) is 15.9 Å². The number of carbonyl (C=O) groups is 1. The van der Waals surface area contributed by atoms with E-state index in [-0.39, 0.29) is 23.6 Å². The van der Waals surface area contributed by atoms with Gasteiger partial charge in [0.05, 0.1) is 11.7 Å². The second-order valence-electron chi connectivity index (χ2n) is 6.92. The number of rotatable bonds is 8. The molecule has 1 aliphatic rings. The van der Waals surface area contributed by atoms with Crippen molar-refractivity contribution in [1.29, 1.82) is 0 Å². The number of hydrogen-bond donors (Lipinski definition) is 1. The zero-order valence-corrected chi connectivity index (χ0v) is 16.1. The summed E-state index contributed by atoms with van der Waals surface area (Å²) in [5.74, 6) is -0.105. The van der Waals surface area contributed by atoms with Gasteiger partial charge in [-0.25, -0.2) is 12.7 Å². The third kappa shape index (κ3) is 6.12. The first-order chi connectivity index (χ1) is 11.9. The third-order valence-corrected chi connectivity index (χ3v) is 6.78. The number of benzene rings is 1. The summed E-state index contributed by atoms with van der Waals surface area (Å²) in [4.78, 5) is 12.3. The van der Waals surface area contributed by atoms with E-state index in [0.29, 0.717) is 19.5 Å².